The molecule has 4 rings (SSSR count). The summed E-state index contributed by atoms with van der Waals surface area (Å²) in [7, 11) is 0.926. The Morgan fingerprint density at radius 3 is 1.94 bits per heavy atom. The fraction of sp³-hybridized carbons (Fsp3) is 0.407. The summed E-state index contributed by atoms with van der Waals surface area (Å²) in [6, 6.07) is 6.91. The molecule has 0 aromatic heterocycles. The molecule has 5 nitrogen and oxygen atoms in total. The van der Waals surface area contributed by atoms with Crippen LogP contribution in [-0.2, 0) is 10.8 Å². The van der Waals surface area contributed by atoms with Gasteiger partial charge in [0.1, 0.15) is 11.5 Å². The van der Waals surface area contributed by atoms with Crippen molar-refractivity contribution in [2.24, 2.45) is 0 Å². The van der Waals surface area contributed by atoms with Crippen LogP contribution in [0.15, 0.2) is 36.4 Å². The van der Waals surface area contributed by atoms with Gasteiger partial charge < -0.3 is 13.9 Å². The van der Waals surface area contributed by atoms with E-state index in [2.05, 4.69) is 40.4 Å². The van der Waals surface area contributed by atoms with Crippen molar-refractivity contribution in [2.75, 3.05) is 14.2 Å². The Morgan fingerprint density at radius 1 is 0.939 bits per heavy atom. The van der Waals surface area contributed by atoms with Crippen LogP contribution in [0.1, 0.15) is 76.3 Å². The predicted octanol–water partition coefficient (Wildman–Crippen LogP) is 6.04. The van der Waals surface area contributed by atoms with Gasteiger partial charge in [-0.25, -0.2) is 0 Å². The van der Waals surface area contributed by atoms with Gasteiger partial charge in [0.05, 0.1) is 31.5 Å². The normalized spacial score (nSPS) is 17.9. The Labute approximate surface area is 196 Å². The molecule has 0 heterocycles. The van der Waals surface area contributed by atoms with Crippen molar-refractivity contribution in [2.45, 2.75) is 57.8 Å². The number of carbonyl (C=O) groups excluding carboxylic acids is 2. The molecule has 0 saturated carbocycles. The minimum Gasteiger partial charge on any atom is -0.496 e. The van der Waals surface area contributed by atoms with Gasteiger partial charge in [-0.1, -0.05) is 57.2 Å². The van der Waals surface area contributed by atoms with Crippen molar-refractivity contribution in [3.8, 4) is 11.5 Å². The third-order valence-electron chi connectivity index (χ3n) is 7.29. The average Bonchev–Trinajstić information content (AvgIpc) is 2.74. The smallest absolute Gasteiger partial charge is 0.198 e. The van der Waals surface area contributed by atoms with Crippen LogP contribution >= 0.6 is 0 Å². The predicted molar refractivity (Wildman–Crippen MR) is 131 cm³/mol. The van der Waals surface area contributed by atoms with E-state index < -0.39 is 8.32 Å². The van der Waals surface area contributed by atoms with Crippen molar-refractivity contribution in [1.29, 1.82) is 0 Å². The highest BCUT2D eigenvalue weighted by molar-refractivity contribution is 6.74. The van der Waals surface area contributed by atoms with Crippen molar-refractivity contribution >= 4 is 19.9 Å². The first-order chi connectivity index (χ1) is 15.4. The lowest BCUT2D eigenvalue weighted by molar-refractivity contribution is 0.0972. The van der Waals surface area contributed by atoms with Crippen LogP contribution in [0.4, 0.5) is 0 Å². The first-order valence-electron chi connectivity index (χ1n) is 11.3. The van der Waals surface area contributed by atoms with E-state index in [0.29, 0.717) is 35.5 Å². The number of fused-ring (bicyclic) bond motifs is 3. The molecule has 6 heteroatoms. The lowest BCUT2D eigenvalue weighted by Crippen LogP contribution is -2.42. The molecule has 174 valence electrons. The Morgan fingerprint density at radius 2 is 1.45 bits per heavy atom. The van der Waals surface area contributed by atoms with Gasteiger partial charge >= 0.3 is 0 Å². The standard InChI is InChI=1S/C27H32O5Si/c1-15-13-18-20(19(14-15)32-33(7,8)27(2,3)4)26(31-6)22-21(25(18)30-5)23(28)16-11-9-10-12-17(16)24(22)29/h9-12,19H,1,13-14H2,2-8H3/t19-/m1/s1. The van der Waals surface area contributed by atoms with Crippen LogP contribution in [0, 0.1) is 0 Å². The van der Waals surface area contributed by atoms with Crippen LogP contribution in [0.2, 0.25) is 18.1 Å². The molecule has 0 bridgehead atoms. The molecule has 1 atom stereocenters. The first kappa shape index (κ1) is 23.5. The fourth-order valence-corrected chi connectivity index (χ4v) is 5.89. The Kier molecular flexibility index (Phi) is 5.66. The third-order valence-corrected chi connectivity index (χ3v) is 11.8. The summed E-state index contributed by atoms with van der Waals surface area (Å²) in [5.41, 5.74) is 3.96. The molecule has 0 saturated heterocycles. The number of benzene rings is 2. The zero-order valence-corrected chi connectivity index (χ0v) is 21.5. The molecule has 0 amide bonds. The van der Waals surface area contributed by atoms with E-state index in [9.17, 15) is 9.59 Å². The van der Waals surface area contributed by atoms with E-state index in [1.807, 2.05) is 0 Å². The highest BCUT2D eigenvalue weighted by Gasteiger charge is 2.45. The summed E-state index contributed by atoms with van der Waals surface area (Å²) in [4.78, 5) is 27.2. The highest BCUT2D eigenvalue weighted by atomic mass is 28.4. The second-order valence-corrected chi connectivity index (χ2v) is 15.2. The number of hydrogen-bond acceptors (Lipinski definition) is 5. The quantitative estimate of drug-likeness (QED) is 0.348. The van der Waals surface area contributed by atoms with Gasteiger partial charge in [-0.3, -0.25) is 9.59 Å². The third kappa shape index (κ3) is 3.56. The van der Waals surface area contributed by atoms with Gasteiger partial charge in [0.25, 0.3) is 0 Å². The number of hydrogen-bond donors (Lipinski definition) is 0. The number of ether oxygens (including phenoxy) is 2. The van der Waals surface area contributed by atoms with Gasteiger partial charge in [-0.05, 0) is 31.0 Å². The van der Waals surface area contributed by atoms with Gasteiger partial charge in [-0.15, -0.1) is 0 Å². The second kappa shape index (κ2) is 7.96. The number of rotatable bonds is 4. The molecular formula is C27H32O5Si. The minimum absolute atomic E-state index is 0.00218. The summed E-state index contributed by atoms with van der Waals surface area (Å²) in [5.74, 6) is 0.396. The maximum atomic E-state index is 13.7. The maximum absolute atomic E-state index is 13.7. The van der Waals surface area contributed by atoms with E-state index in [4.69, 9.17) is 13.9 Å². The van der Waals surface area contributed by atoms with Gasteiger partial charge in [0.15, 0.2) is 19.9 Å². The highest BCUT2D eigenvalue weighted by Crippen LogP contribution is 2.52. The second-order valence-electron chi connectivity index (χ2n) is 10.4. The summed E-state index contributed by atoms with van der Waals surface area (Å²) >= 11 is 0. The monoisotopic (exact) mass is 464 g/mol. The molecule has 0 N–H and O–H groups in total. The number of ketones is 2. The molecule has 33 heavy (non-hydrogen) atoms. The maximum Gasteiger partial charge on any atom is 0.198 e. The van der Waals surface area contributed by atoms with E-state index >= 15 is 0 Å². The molecule has 2 aliphatic rings. The van der Waals surface area contributed by atoms with E-state index in [1.165, 1.54) is 0 Å². The Bertz CT molecular complexity index is 1190. The molecule has 0 aliphatic heterocycles. The van der Waals surface area contributed by atoms with Crippen molar-refractivity contribution in [3.63, 3.8) is 0 Å². The number of carbonyl (C=O) groups is 2. The topological polar surface area (TPSA) is 61.8 Å². The number of methoxy groups -OCH3 is 2. The molecule has 0 fully saturated rings. The lowest BCUT2D eigenvalue weighted by Gasteiger charge is -2.42. The van der Waals surface area contributed by atoms with E-state index in [-0.39, 0.29) is 33.8 Å². The Balaban J connectivity index is 2.02. The SMILES string of the molecule is C=C1Cc2c(OC)c3c(c(OC)c2[C@H](O[Si](C)(C)C(C)(C)C)C1)C(=O)c1ccccc1C3=O. The zero-order valence-electron chi connectivity index (χ0n) is 20.5. The van der Waals surface area contributed by atoms with Crippen LogP contribution in [0.3, 0.4) is 0 Å². The van der Waals surface area contributed by atoms with Crippen LogP contribution in [0.5, 0.6) is 11.5 Å². The van der Waals surface area contributed by atoms with Crippen molar-refractivity contribution < 1.29 is 23.5 Å². The summed E-state index contributed by atoms with van der Waals surface area (Å²) in [6.45, 7) is 15.3. The molecular weight excluding hydrogens is 432 g/mol. The molecule has 2 aliphatic carbocycles. The fourth-order valence-electron chi connectivity index (χ4n) is 4.63. The summed E-state index contributed by atoms with van der Waals surface area (Å²) < 4.78 is 18.6. The van der Waals surface area contributed by atoms with Crippen LogP contribution in [0.25, 0.3) is 0 Å². The van der Waals surface area contributed by atoms with Gasteiger partial charge in [-0.2, -0.15) is 0 Å². The van der Waals surface area contributed by atoms with E-state index in [1.54, 1.807) is 38.5 Å². The minimum atomic E-state index is -2.17. The summed E-state index contributed by atoms with van der Waals surface area (Å²) in [6.07, 6.45) is 0.857. The van der Waals surface area contributed by atoms with Crippen molar-refractivity contribution in [3.05, 3.63) is 69.8 Å². The van der Waals surface area contributed by atoms with Crippen LogP contribution < -0.4 is 9.47 Å². The van der Waals surface area contributed by atoms with E-state index in [0.717, 1.165) is 16.7 Å². The molecule has 0 radical (unpaired) electrons. The molecule has 0 spiro atoms. The first-order valence-corrected chi connectivity index (χ1v) is 14.2. The molecule has 2 aromatic rings. The van der Waals surface area contributed by atoms with Gasteiger partial charge in [0.2, 0.25) is 0 Å². The largest absolute Gasteiger partial charge is 0.496 e. The average molecular weight is 465 g/mol. The van der Waals surface area contributed by atoms with Gasteiger partial charge in [0, 0.05) is 22.3 Å². The zero-order chi connectivity index (χ0) is 24.3. The molecule has 2 aromatic carbocycles. The lowest BCUT2D eigenvalue weighted by atomic mass is 9.76. The Hall–Kier alpha value is -2.70. The van der Waals surface area contributed by atoms with Crippen molar-refractivity contribution in [1.82, 2.24) is 0 Å². The van der Waals surface area contributed by atoms with Crippen LogP contribution in [-0.4, -0.2) is 34.1 Å². The summed E-state index contributed by atoms with van der Waals surface area (Å²) in [5, 5.41) is 0.00218. The molecule has 0 unspecified atom stereocenters.